The molecule has 0 aliphatic carbocycles. The lowest BCUT2D eigenvalue weighted by Crippen LogP contribution is -2.46. The number of carbonyl (C=O) groups excluding carboxylic acids is 2. The van der Waals surface area contributed by atoms with Crippen molar-refractivity contribution in [1.82, 2.24) is 20.6 Å². The molecule has 3 aromatic rings. The van der Waals surface area contributed by atoms with Gasteiger partial charge in [-0.2, -0.15) is 0 Å². The van der Waals surface area contributed by atoms with E-state index in [0.29, 0.717) is 33.4 Å². The summed E-state index contributed by atoms with van der Waals surface area (Å²) in [4.78, 5) is 32.9. The van der Waals surface area contributed by atoms with E-state index in [9.17, 15) is 9.59 Å². The number of nitrogens with zero attached hydrogens (tertiary/aromatic N) is 1. The number of aromatic amines is 1. The zero-order valence-corrected chi connectivity index (χ0v) is 18.9. The standard InChI is InChI=1S/C24H25ClN4O3/c1-14(2)32-20-11-10-17(12-18(20)25)23(30)29-21(24(31)26-4)15(3)19-13-27-22(28-19)16-8-6-5-7-9-16/h5-14,21H,3H2,1-2,4H3,(H,26,31)(H,27,28)(H,29,30)/t21-/m0/s1. The van der Waals surface area contributed by atoms with Crippen LogP contribution in [0.5, 0.6) is 5.75 Å². The van der Waals surface area contributed by atoms with Crippen molar-refractivity contribution in [1.29, 1.82) is 0 Å². The van der Waals surface area contributed by atoms with E-state index in [-0.39, 0.29) is 6.10 Å². The number of likely N-dealkylation sites (N-methyl/N-ethyl adjacent to an activating group) is 1. The summed E-state index contributed by atoms with van der Waals surface area (Å²) in [6, 6.07) is 13.3. The van der Waals surface area contributed by atoms with Gasteiger partial charge in [-0.05, 0) is 32.0 Å². The minimum Gasteiger partial charge on any atom is -0.489 e. The molecule has 0 saturated carbocycles. The number of imidazole rings is 1. The molecule has 0 saturated heterocycles. The molecule has 166 valence electrons. The van der Waals surface area contributed by atoms with E-state index in [4.69, 9.17) is 16.3 Å². The molecule has 0 spiro atoms. The third-order valence-electron chi connectivity index (χ3n) is 4.66. The zero-order chi connectivity index (χ0) is 23.3. The second-order valence-electron chi connectivity index (χ2n) is 7.37. The molecule has 0 unspecified atom stereocenters. The third-order valence-corrected chi connectivity index (χ3v) is 4.95. The molecule has 32 heavy (non-hydrogen) atoms. The Morgan fingerprint density at radius 2 is 1.88 bits per heavy atom. The number of aromatic nitrogens is 2. The Kier molecular flexibility index (Phi) is 7.33. The van der Waals surface area contributed by atoms with Crippen molar-refractivity contribution in [2.45, 2.75) is 26.0 Å². The van der Waals surface area contributed by atoms with E-state index < -0.39 is 17.9 Å². The molecule has 0 aliphatic rings. The molecule has 7 nitrogen and oxygen atoms in total. The second-order valence-corrected chi connectivity index (χ2v) is 7.78. The van der Waals surface area contributed by atoms with E-state index >= 15 is 0 Å². The molecule has 2 amide bonds. The highest BCUT2D eigenvalue weighted by Crippen LogP contribution is 2.27. The number of amides is 2. The highest BCUT2D eigenvalue weighted by atomic mass is 35.5. The van der Waals surface area contributed by atoms with Gasteiger partial charge in [-0.1, -0.05) is 48.5 Å². The maximum atomic E-state index is 12.9. The number of carbonyl (C=O) groups is 2. The van der Waals surface area contributed by atoms with Gasteiger partial charge < -0.3 is 20.4 Å². The van der Waals surface area contributed by atoms with Gasteiger partial charge in [-0.25, -0.2) is 4.98 Å². The number of halogens is 1. The molecule has 3 N–H and O–H groups in total. The highest BCUT2D eigenvalue weighted by molar-refractivity contribution is 6.32. The molecule has 0 fully saturated rings. The maximum absolute atomic E-state index is 12.9. The van der Waals surface area contributed by atoms with Crippen LogP contribution in [0.25, 0.3) is 17.0 Å². The Morgan fingerprint density at radius 1 is 1.16 bits per heavy atom. The SMILES string of the molecule is C=C(c1cnc(-c2ccccc2)[nH]1)[C@H](NC(=O)c1ccc(OC(C)C)c(Cl)c1)C(=O)NC. The Labute approximate surface area is 191 Å². The van der Waals surface area contributed by atoms with Crippen LogP contribution in [0.1, 0.15) is 29.9 Å². The first kappa shape index (κ1) is 23.1. The first-order valence-electron chi connectivity index (χ1n) is 10.1. The van der Waals surface area contributed by atoms with Gasteiger partial charge in [0.15, 0.2) is 0 Å². The monoisotopic (exact) mass is 452 g/mol. The van der Waals surface area contributed by atoms with Crippen molar-refractivity contribution in [2.24, 2.45) is 0 Å². The van der Waals surface area contributed by atoms with Crippen molar-refractivity contribution in [2.75, 3.05) is 7.05 Å². The Balaban J connectivity index is 1.80. The lowest BCUT2D eigenvalue weighted by Gasteiger charge is -2.19. The van der Waals surface area contributed by atoms with Crippen molar-refractivity contribution in [3.05, 3.63) is 77.6 Å². The molecular weight excluding hydrogens is 428 g/mol. The van der Waals surface area contributed by atoms with Gasteiger partial charge in [0, 0.05) is 23.7 Å². The van der Waals surface area contributed by atoms with E-state index in [1.54, 1.807) is 18.3 Å². The van der Waals surface area contributed by atoms with Crippen LogP contribution in [0.3, 0.4) is 0 Å². The van der Waals surface area contributed by atoms with E-state index in [1.165, 1.54) is 13.1 Å². The molecule has 0 bridgehead atoms. The number of hydrogen-bond donors (Lipinski definition) is 3. The molecule has 0 aliphatic heterocycles. The van der Waals surface area contributed by atoms with Gasteiger partial charge in [0.05, 0.1) is 23.0 Å². The number of nitrogens with one attached hydrogen (secondary N) is 3. The first-order valence-corrected chi connectivity index (χ1v) is 10.5. The van der Waals surface area contributed by atoms with Crippen LogP contribution in [0.15, 0.2) is 61.3 Å². The Morgan fingerprint density at radius 3 is 2.50 bits per heavy atom. The van der Waals surface area contributed by atoms with Crippen molar-refractivity contribution >= 4 is 29.0 Å². The molecule has 2 aromatic carbocycles. The molecule has 8 heteroatoms. The first-order chi connectivity index (χ1) is 15.3. The summed E-state index contributed by atoms with van der Waals surface area (Å²) in [5.41, 5.74) is 2.10. The van der Waals surface area contributed by atoms with Gasteiger partial charge in [0.25, 0.3) is 5.91 Å². The van der Waals surface area contributed by atoms with Crippen LogP contribution >= 0.6 is 11.6 Å². The molecule has 1 aromatic heterocycles. The van der Waals surface area contributed by atoms with Crippen molar-refractivity contribution < 1.29 is 14.3 Å². The fraction of sp³-hybridized carbons (Fsp3) is 0.208. The maximum Gasteiger partial charge on any atom is 0.252 e. The van der Waals surface area contributed by atoms with Gasteiger partial charge in [-0.15, -0.1) is 0 Å². The van der Waals surface area contributed by atoms with Crippen LogP contribution in [-0.2, 0) is 4.79 Å². The molecular formula is C24H25ClN4O3. The zero-order valence-electron chi connectivity index (χ0n) is 18.1. The summed E-state index contributed by atoms with van der Waals surface area (Å²) in [6.45, 7) is 7.79. The predicted molar refractivity (Wildman–Crippen MR) is 126 cm³/mol. The van der Waals surface area contributed by atoms with Gasteiger partial charge in [-0.3, -0.25) is 9.59 Å². The van der Waals surface area contributed by atoms with Crippen LogP contribution in [0.2, 0.25) is 5.02 Å². The van der Waals surface area contributed by atoms with Gasteiger partial charge >= 0.3 is 0 Å². The molecule has 0 radical (unpaired) electrons. The van der Waals surface area contributed by atoms with E-state index in [0.717, 1.165) is 5.56 Å². The summed E-state index contributed by atoms with van der Waals surface area (Å²) < 4.78 is 5.60. The quantitative estimate of drug-likeness (QED) is 0.480. The average Bonchev–Trinajstić information content (AvgIpc) is 3.28. The fourth-order valence-electron chi connectivity index (χ4n) is 3.04. The summed E-state index contributed by atoms with van der Waals surface area (Å²) >= 11 is 6.25. The minimum absolute atomic E-state index is 0.0525. The smallest absolute Gasteiger partial charge is 0.252 e. The van der Waals surface area contributed by atoms with E-state index in [2.05, 4.69) is 27.2 Å². The number of benzene rings is 2. The summed E-state index contributed by atoms with van der Waals surface area (Å²) in [5, 5.41) is 5.59. The third kappa shape index (κ3) is 5.36. The summed E-state index contributed by atoms with van der Waals surface area (Å²) in [7, 11) is 1.49. The largest absolute Gasteiger partial charge is 0.489 e. The van der Waals surface area contributed by atoms with Crippen molar-refractivity contribution in [3.8, 4) is 17.1 Å². The fourth-order valence-corrected chi connectivity index (χ4v) is 3.27. The number of H-pyrrole nitrogens is 1. The lowest BCUT2D eigenvalue weighted by molar-refractivity contribution is -0.121. The predicted octanol–water partition coefficient (Wildman–Crippen LogP) is 4.08. The molecule has 3 rings (SSSR count). The second kappa shape index (κ2) is 10.2. The number of ether oxygens (including phenoxy) is 1. The van der Waals surface area contributed by atoms with Crippen LogP contribution in [-0.4, -0.2) is 41.0 Å². The Hall–Kier alpha value is -3.58. The molecule has 1 atom stereocenters. The van der Waals surface area contributed by atoms with Crippen LogP contribution in [0, 0.1) is 0 Å². The van der Waals surface area contributed by atoms with Gasteiger partial charge in [0.2, 0.25) is 5.91 Å². The highest BCUT2D eigenvalue weighted by Gasteiger charge is 2.26. The van der Waals surface area contributed by atoms with E-state index in [1.807, 2.05) is 44.2 Å². The normalized spacial score (nSPS) is 11.7. The molecule has 1 heterocycles. The summed E-state index contributed by atoms with van der Waals surface area (Å²) in [5.74, 6) is 0.234. The number of rotatable bonds is 8. The minimum atomic E-state index is -1.01. The Bertz CT molecular complexity index is 1130. The van der Waals surface area contributed by atoms with Crippen LogP contribution < -0.4 is 15.4 Å². The lowest BCUT2D eigenvalue weighted by atomic mass is 10.0. The van der Waals surface area contributed by atoms with Gasteiger partial charge in [0.1, 0.15) is 17.6 Å². The number of hydrogen-bond acceptors (Lipinski definition) is 4. The topological polar surface area (TPSA) is 96.1 Å². The van der Waals surface area contributed by atoms with Crippen LogP contribution in [0.4, 0.5) is 0 Å². The summed E-state index contributed by atoms with van der Waals surface area (Å²) in [6.07, 6.45) is 1.53. The average molecular weight is 453 g/mol. The van der Waals surface area contributed by atoms with Crippen molar-refractivity contribution in [3.63, 3.8) is 0 Å².